The molecule has 0 amide bonds. The largest absolute Gasteiger partial charge is 0.434 e. The monoisotopic (exact) mass is 331 g/mol. The van der Waals surface area contributed by atoms with Gasteiger partial charge in [0, 0.05) is 30.2 Å². The Hall–Kier alpha value is -2.16. The maximum absolute atomic E-state index is 12.5. The lowest BCUT2D eigenvalue weighted by Crippen LogP contribution is -2.17. The molecule has 22 heavy (non-hydrogen) atoms. The summed E-state index contributed by atoms with van der Waals surface area (Å²) in [6.45, 7) is 1.90. The van der Waals surface area contributed by atoms with Gasteiger partial charge in [-0.2, -0.15) is 13.2 Å². The standard InChI is InChI=1S/C13H12F3N3O2S/c1-8-5-9(19(20)21)3-4-10(8)18(2)6-12-17-11(7-22-12)13(14,15)16/h3-5,7H,6H2,1-2H3. The fourth-order valence-corrected chi connectivity index (χ4v) is 2.84. The molecule has 2 rings (SSSR count). The molecule has 0 spiro atoms. The maximum Gasteiger partial charge on any atom is 0.434 e. The summed E-state index contributed by atoms with van der Waals surface area (Å²) in [5.74, 6) is 0. The van der Waals surface area contributed by atoms with Gasteiger partial charge >= 0.3 is 6.18 Å². The van der Waals surface area contributed by atoms with E-state index in [2.05, 4.69) is 4.98 Å². The number of benzene rings is 1. The SMILES string of the molecule is Cc1cc([N+](=O)[O-])ccc1N(C)Cc1nc(C(F)(F)F)cs1. The van der Waals surface area contributed by atoms with E-state index >= 15 is 0 Å². The van der Waals surface area contributed by atoms with Crippen molar-refractivity contribution in [3.05, 3.63) is 50.0 Å². The lowest BCUT2D eigenvalue weighted by Gasteiger charge is -2.20. The van der Waals surface area contributed by atoms with Crippen molar-refractivity contribution in [2.75, 3.05) is 11.9 Å². The Morgan fingerprint density at radius 3 is 2.59 bits per heavy atom. The fourth-order valence-electron chi connectivity index (χ4n) is 1.98. The van der Waals surface area contributed by atoms with Crippen LogP contribution in [0.4, 0.5) is 24.5 Å². The number of nitrogens with zero attached hydrogens (tertiary/aromatic N) is 3. The normalized spacial score (nSPS) is 11.5. The van der Waals surface area contributed by atoms with E-state index < -0.39 is 16.8 Å². The number of aryl methyl sites for hydroxylation is 1. The van der Waals surface area contributed by atoms with E-state index in [1.165, 1.54) is 12.1 Å². The Bertz CT molecular complexity index is 700. The minimum atomic E-state index is -4.45. The predicted molar refractivity (Wildman–Crippen MR) is 77.1 cm³/mol. The van der Waals surface area contributed by atoms with E-state index in [1.54, 1.807) is 24.9 Å². The van der Waals surface area contributed by atoms with Crippen LogP contribution in [0.2, 0.25) is 0 Å². The van der Waals surface area contributed by atoms with Crippen LogP contribution in [0, 0.1) is 17.0 Å². The number of hydrogen-bond acceptors (Lipinski definition) is 5. The zero-order valence-corrected chi connectivity index (χ0v) is 12.5. The van der Waals surface area contributed by atoms with Crippen molar-refractivity contribution in [3.8, 4) is 0 Å². The van der Waals surface area contributed by atoms with Gasteiger partial charge in [0.15, 0.2) is 5.69 Å². The van der Waals surface area contributed by atoms with Crippen LogP contribution in [-0.4, -0.2) is 17.0 Å². The quantitative estimate of drug-likeness (QED) is 0.627. The van der Waals surface area contributed by atoms with Crippen LogP contribution in [0.5, 0.6) is 0 Å². The van der Waals surface area contributed by atoms with Crippen LogP contribution in [0.15, 0.2) is 23.6 Å². The first-order valence-electron chi connectivity index (χ1n) is 6.16. The summed E-state index contributed by atoms with van der Waals surface area (Å²) in [6.07, 6.45) is -4.45. The molecule has 0 radical (unpaired) electrons. The molecule has 0 atom stereocenters. The van der Waals surface area contributed by atoms with Crippen LogP contribution < -0.4 is 4.90 Å². The topological polar surface area (TPSA) is 59.3 Å². The summed E-state index contributed by atoms with van der Waals surface area (Å²) in [7, 11) is 1.70. The van der Waals surface area contributed by atoms with Crippen LogP contribution in [0.1, 0.15) is 16.3 Å². The Kier molecular flexibility index (Phi) is 4.36. The first-order chi connectivity index (χ1) is 10.2. The highest BCUT2D eigenvalue weighted by molar-refractivity contribution is 7.09. The summed E-state index contributed by atoms with van der Waals surface area (Å²) in [6, 6.07) is 4.36. The van der Waals surface area contributed by atoms with Crippen molar-refractivity contribution < 1.29 is 18.1 Å². The molecule has 118 valence electrons. The maximum atomic E-state index is 12.5. The van der Waals surface area contributed by atoms with Gasteiger partial charge in [-0.15, -0.1) is 11.3 Å². The zero-order chi connectivity index (χ0) is 16.5. The van der Waals surface area contributed by atoms with E-state index in [0.29, 0.717) is 16.3 Å². The van der Waals surface area contributed by atoms with Gasteiger partial charge in [0.05, 0.1) is 11.5 Å². The smallest absolute Gasteiger partial charge is 0.368 e. The molecule has 9 heteroatoms. The highest BCUT2D eigenvalue weighted by Gasteiger charge is 2.33. The second-order valence-electron chi connectivity index (χ2n) is 4.71. The molecule has 0 aliphatic rings. The third-order valence-electron chi connectivity index (χ3n) is 3.02. The average molecular weight is 331 g/mol. The molecular formula is C13H12F3N3O2S. The molecule has 1 aromatic heterocycles. The highest BCUT2D eigenvalue weighted by atomic mass is 32.1. The van der Waals surface area contributed by atoms with Gasteiger partial charge in [-0.1, -0.05) is 0 Å². The number of aromatic nitrogens is 1. The summed E-state index contributed by atoms with van der Waals surface area (Å²) in [5, 5.41) is 12.0. The van der Waals surface area contributed by atoms with Gasteiger partial charge in [0.2, 0.25) is 0 Å². The molecule has 0 aliphatic carbocycles. The number of hydrogen-bond donors (Lipinski definition) is 0. The molecule has 5 nitrogen and oxygen atoms in total. The van der Waals surface area contributed by atoms with Crippen LogP contribution >= 0.6 is 11.3 Å². The second kappa shape index (κ2) is 5.91. The Morgan fingerprint density at radius 2 is 2.09 bits per heavy atom. The van der Waals surface area contributed by atoms with Gasteiger partial charge in [0.1, 0.15) is 5.01 Å². The number of anilines is 1. The Labute approximate surface area is 128 Å². The highest BCUT2D eigenvalue weighted by Crippen LogP contribution is 2.31. The van der Waals surface area contributed by atoms with Crippen LogP contribution in [0.3, 0.4) is 0 Å². The lowest BCUT2D eigenvalue weighted by atomic mass is 10.1. The number of thiazole rings is 1. The minimum Gasteiger partial charge on any atom is -0.368 e. The van der Waals surface area contributed by atoms with E-state index in [-0.39, 0.29) is 12.2 Å². The molecule has 0 aliphatic heterocycles. The molecule has 0 unspecified atom stereocenters. The van der Waals surface area contributed by atoms with Crippen molar-refractivity contribution in [2.24, 2.45) is 0 Å². The summed E-state index contributed by atoms with van der Waals surface area (Å²) in [4.78, 5) is 15.5. The number of alkyl halides is 3. The fraction of sp³-hybridized carbons (Fsp3) is 0.308. The van der Waals surface area contributed by atoms with Crippen molar-refractivity contribution in [2.45, 2.75) is 19.6 Å². The van der Waals surface area contributed by atoms with Crippen molar-refractivity contribution in [1.29, 1.82) is 0 Å². The Balaban J connectivity index is 2.17. The van der Waals surface area contributed by atoms with Gasteiger partial charge in [-0.25, -0.2) is 4.98 Å². The predicted octanol–water partition coefficient (Wildman–Crippen LogP) is 4.01. The summed E-state index contributed by atoms with van der Waals surface area (Å²) in [5.41, 5.74) is 0.447. The van der Waals surface area contributed by atoms with Crippen LogP contribution in [-0.2, 0) is 12.7 Å². The molecule has 2 aromatic rings. The molecule has 1 heterocycles. The van der Waals surface area contributed by atoms with E-state index in [1.807, 2.05) is 0 Å². The number of nitro benzene ring substituents is 1. The molecule has 0 saturated carbocycles. The number of halogens is 3. The Morgan fingerprint density at radius 1 is 1.41 bits per heavy atom. The van der Waals surface area contributed by atoms with Crippen LogP contribution in [0.25, 0.3) is 0 Å². The molecule has 0 saturated heterocycles. The van der Waals surface area contributed by atoms with Gasteiger partial charge in [-0.05, 0) is 18.6 Å². The van der Waals surface area contributed by atoms with Gasteiger partial charge in [0.25, 0.3) is 5.69 Å². The second-order valence-corrected chi connectivity index (χ2v) is 5.65. The molecule has 1 aromatic carbocycles. The van der Waals surface area contributed by atoms with Crippen molar-refractivity contribution >= 4 is 22.7 Å². The number of non-ortho nitro benzene ring substituents is 1. The first-order valence-corrected chi connectivity index (χ1v) is 7.04. The lowest BCUT2D eigenvalue weighted by molar-refractivity contribution is -0.384. The van der Waals surface area contributed by atoms with Gasteiger partial charge < -0.3 is 4.90 Å². The molecule has 0 N–H and O–H groups in total. The van der Waals surface area contributed by atoms with Crippen molar-refractivity contribution in [1.82, 2.24) is 4.98 Å². The van der Waals surface area contributed by atoms with E-state index in [0.717, 1.165) is 16.7 Å². The zero-order valence-electron chi connectivity index (χ0n) is 11.7. The molecular weight excluding hydrogens is 319 g/mol. The van der Waals surface area contributed by atoms with E-state index in [9.17, 15) is 23.3 Å². The first kappa shape index (κ1) is 16.2. The third kappa shape index (κ3) is 3.53. The molecule has 0 fully saturated rings. The number of rotatable bonds is 4. The minimum absolute atomic E-state index is 0.0248. The summed E-state index contributed by atoms with van der Waals surface area (Å²) < 4.78 is 37.5. The summed E-state index contributed by atoms with van der Waals surface area (Å²) >= 11 is 0.932. The third-order valence-corrected chi connectivity index (χ3v) is 3.85. The van der Waals surface area contributed by atoms with Gasteiger partial charge in [-0.3, -0.25) is 10.1 Å². The molecule has 0 bridgehead atoms. The van der Waals surface area contributed by atoms with Crippen molar-refractivity contribution in [3.63, 3.8) is 0 Å². The van der Waals surface area contributed by atoms with E-state index in [4.69, 9.17) is 0 Å². The number of nitro groups is 1. The average Bonchev–Trinajstić information content (AvgIpc) is 2.86.